The van der Waals surface area contributed by atoms with E-state index in [0.29, 0.717) is 15.8 Å². The van der Waals surface area contributed by atoms with E-state index in [2.05, 4.69) is 20.7 Å². The molecule has 3 N–H and O–H groups in total. The van der Waals surface area contributed by atoms with Gasteiger partial charge in [0.1, 0.15) is 0 Å². The lowest BCUT2D eigenvalue weighted by molar-refractivity contribution is 0.595. The Morgan fingerprint density at radius 3 is 2.52 bits per heavy atom. The van der Waals surface area contributed by atoms with Crippen molar-refractivity contribution in [2.75, 3.05) is 16.2 Å². The fraction of sp³-hybridized carbons (Fsp3) is 0.200. The van der Waals surface area contributed by atoms with Crippen molar-refractivity contribution >= 4 is 37.3 Å². The van der Waals surface area contributed by atoms with Gasteiger partial charge in [-0.3, -0.25) is 4.72 Å². The smallest absolute Gasteiger partial charge is 0.233 e. The first kappa shape index (κ1) is 15.9. The fourth-order valence-electron chi connectivity index (χ4n) is 2.04. The van der Waals surface area contributed by atoms with E-state index in [1.807, 2.05) is 37.3 Å². The Balaban J connectivity index is 2.14. The van der Waals surface area contributed by atoms with Gasteiger partial charge in [-0.2, -0.15) is 0 Å². The first-order valence-corrected chi connectivity index (χ1v) is 8.92. The second kappa shape index (κ2) is 6.49. The van der Waals surface area contributed by atoms with E-state index in [-0.39, 0.29) is 11.7 Å². The number of hydrogen-bond acceptors (Lipinski definition) is 3. The molecule has 0 spiro atoms. The molecule has 0 radical (unpaired) electrons. The van der Waals surface area contributed by atoms with E-state index in [0.717, 1.165) is 5.56 Å². The predicted octanol–water partition coefficient (Wildman–Crippen LogP) is 3.58. The number of nitrogens with one attached hydrogen (secondary N) is 1. The molecular weight excluding hydrogens is 352 g/mol. The molecule has 0 aliphatic rings. The number of nitrogens with two attached hydrogens (primary N) is 1. The lowest BCUT2D eigenvalue weighted by Crippen LogP contribution is -2.20. The second-order valence-corrected chi connectivity index (χ2v) is 7.56. The molecule has 0 saturated carbocycles. The Bertz CT molecular complexity index is 718. The van der Waals surface area contributed by atoms with Crippen molar-refractivity contribution in [1.82, 2.24) is 0 Å². The van der Waals surface area contributed by atoms with Crippen molar-refractivity contribution < 1.29 is 8.42 Å². The van der Waals surface area contributed by atoms with Gasteiger partial charge in [-0.15, -0.1) is 0 Å². The number of halogens is 1. The maximum Gasteiger partial charge on any atom is 0.233 e. The molecule has 6 heteroatoms. The van der Waals surface area contributed by atoms with Crippen molar-refractivity contribution in [3.05, 3.63) is 58.6 Å². The average molecular weight is 369 g/mol. The SMILES string of the molecule is CC(CS(=O)(=O)Nc1cc(N)ccc1Br)c1ccccc1. The van der Waals surface area contributed by atoms with Gasteiger partial charge in [0.05, 0.1) is 11.4 Å². The first-order chi connectivity index (χ1) is 9.87. The summed E-state index contributed by atoms with van der Waals surface area (Å²) in [4.78, 5) is 0. The van der Waals surface area contributed by atoms with Gasteiger partial charge in [0, 0.05) is 10.2 Å². The minimum absolute atomic E-state index is 0.0122. The van der Waals surface area contributed by atoms with Gasteiger partial charge >= 0.3 is 0 Å². The highest BCUT2D eigenvalue weighted by Gasteiger charge is 2.18. The molecule has 1 unspecified atom stereocenters. The van der Waals surface area contributed by atoms with Crippen LogP contribution in [-0.4, -0.2) is 14.2 Å². The Kier molecular flexibility index (Phi) is 4.90. The summed E-state index contributed by atoms with van der Waals surface area (Å²) in [6, 6.07) is 14.6. The monoisotopic (exact) mass is 368 g/mol. The van der Waals surface area contributed by atoms with E-state index in [1.54, 1.807) is 18.2 Å². The van der Waals surface area contributed by atoms with Crippen LogP contribution in [0.2, 0.25) is 0 Å². The molecule has 0 bridgehead atoms. The van der Waals surface area contributed by atoms with Crippen LogP contribution in [0.3, 0.4) is 0 Å². The highest BCUT2D eigenvalue weighted by atomic mass is 79.9. The third-order valence-electron chi connectivity index (χ3n) is 3.09. The van der Waals surface area contributed by atoms with Crippen LogP contribution >= 0.6 is 15.9 Å². The molecule has 2 aromatic rings. The van der Waals surface area contributed by atoms with Crippen LogP contribution in [0, 0.1) is 0 Å². The summed E-state index contributed by atoms with van der Waals surface area (Å²) in [5, 5.41) is 0. The standard InChI is InChI=1S/C15H17BrN2O2S/c1-11(12-5-3-2-4-6-12)10-21(19,20)18-15-9-13(17)7-8-14(15)16/h2-9,11,18H,10,17H2,1H3. The number of anilines is 2. The van der Waals surface area contributed by atoms with Gasteiger partial charge in [0.15, 0.2) is 0 Å². The van der Waals surface area contributed by atoms with Gasteiger partial charge in [0.2, 0.25) is 10.0 Å². The van der Waals surface area contributed by atoms with E-state index in [1.165, 1.54) is 0 Å². The van der Waals surface area contributed by atoms with Gasteiger partial charge in [-0.25, -0.2) is 8.42 Å². The van der Waals surface area contributed by atoms with Gasteiger partial charge in [0.25, 0.3) is 0 Å². The third-order valence-corrected chi connectivity index (χ3v) is 5.26. The molecule has 0 amide bonds. The minimum Gasteiger partial charge on any atom is -0.399 e. The van der Waals surface area contributed by atoms with Crippen LogP contribution in [0.25, 0.3) is 0 Å². The minimum atomic E-state index is -3.46. The zero-order valence-corrected chi connectivity index (χ0v) is 14.0. The Hall–Kier alpha value is -1.53. The maximum atomic E-state index is 12.3. The average Bonchev–Trinajstić information content (AvgIpc) is 2.43. The van der Waals surface area contributed by atoms with E-state index >= 15 is 0 Å². The molecule has 2 rings (SSSR count). The zero-order valence-electron chi connectivity index (χ0n) is 11.6. The Morgan fingerprint density at radius 2 is 1.86 bits per heavy atom. The van der Waals surface area contributed by atoms with Gasteiger partial charge in [-0.1, -0.05) is 37.3 Å². The quantitative estimate of drug-likeness (QED) is 0.792. The highest BCUT2D eigenvalue weighted by molar-refractivity contribution is 9.10. The molecule has 0 fully saturated rings. The number of rotatable bonds is 5. The molecule has 21 heavy (non-hydrogen) atoms. The highest BCUT2D eigenvalue weighted by Crippen LogP contribution is 2.26. The van der Waals surface area contributed by atoms with Crippen molar-refractivity contribution in [3.8, 4) is 0 Å². The third kappa shape index (κ3) is 4.47. The molecule has 0 aliphatic carbocycles. The predicted molar refractivity (Wildman–Crippen MR) is 90.8 cm³/mol. The van der Waals surface area contributed by atoms with Crippen molar-refractivity contribution in [1.29, 1.82) is 0 Å². The molecule has 1 atom stereocenters. The van der Waals surface area contributed by atoms with E-state index in [4.69, 9.17) is 5.73 Å². The van der Waals surface area contributed by atoms with Gasteiger partial charge < -0.3 is 5.73 Å². The molecule has 0 heterocycles. The van der Waals surface area contributed by atoms with Crippen LogP contribution in [0.4, 0.5) is 11.4 Å². The van der Waals surface area contributed by atoms with Crippen LogP contribution in [0.5, 0.6) is 0 Å². The maximum absolute atomic E-state index is 12.3. The summed E-state index contributed by atoms with van der Waals surface area (Å²) in [6.07, 6.45) is 0. The van der Waals surface area contributed by atoms with Crippen LogP contribution < -0.4 is 10.5 Å². The van der Waals surface area contributed by atoms with Crippen molar-refractivity contribution in [3.63, 3.8) is 0 Å². The van der Waals surface area contributed by atoms with E-state index in [9.17, 15) is 8.42 Å². The second-order valence-electron chi connectivity index (χ2n) is 4.93. The molecule has 112 valence electrons. The zero-order chi connectivity index (χ0) is 15.5. The number of benzene rings is 2. The summed E-state index contributed by atoms with van der Waals surface area (Å²) < 4.78 is 27.8. The molecule has 4 nitrogen and oxygen atoms in total. The normalized spacial score (nSPS) is 12.9. The Labute approximate surface area is 133 Å². The lowest BCUT2D eigenvalue weighted by Gasteiger charge is -2.15. The van der Waals surface area contributed by atoms with Crippen LogP contribution in [0.1, 0.15) is 18.4 Å². The Morgan fingerprint density at radius 1 is 1.19 bits per heavy atom. The molecular formula is C15H17BrN2O2S. The van der Waals surface area contributed by atoms with Gasteiger partial charge in [-0.05, 0) is 45.6 Å². The van der Waals surface area contributed by atoms with Crippen molar-refractivity contribution in [2.45, 2.75) is 12.8 Å². The molecule has 2 aromatic carbocycles. The van der Waals surface area contributed by atoms with Crippen LogP contribution in [0.15, 0.2) is 53.0 Å². The molecule has 0 saturated heterocycles. The van der Waals surface area contributed by atoms with Crippen molar-refractivity contribution in [2.24, 2.45) is 0 Å². The van der Waals surface area contributed by atoms with Crippen LogP contribution in [-0.2, 0) is 10.0 Å². The summed E-state index contributed by atoms with van der Waals surface area (Å²) in [6.45, 7) is 1.89. The number of sulfonamides is 1. The lowest BCUT2D eigenvalue weighted by atomic mass is 10.0. The largest absolute Gasteiger partial charge is 0.399 e. The summed E-state index contributed by atoms with van der Waals surface area (Å²) in [7, 11) is -3.46. The fourth-order valence-corrected chi connectivity index (χ4v) is 3.95. The summed E-state index contributed by atoms with van der Waals surface area (Å²) in [5.41, 5.74) is 7.64. The summed E-state index contributed by atoms with van der Waals surface area (Å²) in [5.74, 6) is -0.0818. The molecule has 0 aliphatic heterocycles. The molecule has 0 aromatic heterocycles. The first-order valence-electron chi connectivity index (χ1n) is 6.48. The topological polar surface area (TPSA) is 72.2 Å². The number of hydrogen-bond donors (Lipinski definition) is 2. The van der Waals surface area contributed by atoms with E-state index < -0.39 is 10.0 Å². The number of nitrogen functional groups attached to an aromatic ring is 1. The summed E-state index contributed by atoms with van der Waals surface area (Å²) >= 11 is 3.31.